The third-order valence-electron chi connectivity index (χ3n) is 5.59. The quantitative estimate of drug-likeness (QED) is 0.338. The molecule has 156 valence electrons. The Hall–Kier alpha value is -1.64. The minimum absolute atomic E-state index is 0. The van der Waals surface area contributed by atoms with Crippen molar-refractivity contribution in [3.63, 3.8) is 0 Å². The van der Waals surface area contributed by atoms with Gasteiger partial charge in [0, 0.05) is 13.6 Å². The minimum Gasteiger partial charge on any atom is -0.373 e. The van der Waals surface area contributed by atoms with Gasteiger partial charge in [-0.3, -0.25) is 4.99 Å². The van der Waals surface area contributed by atoms with Crippen LogP contribution in [0, 0.1) is 0 Å². The van der Waals surface area contributed by atoms with E-state index in [-0.39, 0.29) is 24.0 Å². The van der Waals surface area contributed by atoms with Crippen LogP contribution in [0.1, 0.15) is 36.0 Å². The lowest BCUT2D eigenvalue weighted by molar-refractivity contribution is 0.0992. The zero-order valence-corrected chi connectivity index (χ0v) is 19.2. The molecule has 5 nitrogen and oxygen atoms in total. The molecular weight excluding hydrogens is 477 g/mol. The molecule has 2 heterocycles. The van der Waals surface area contributed by atoms with Gasteiger partial charge in [0.1, 0.15) is 0 Å². The molecule has 0 aromatic heterocycles. The van der Waals surface area contributed by atoms with E-state index in [9.17, 15) is 0 Å². The standard InChI is InChI=1S/C23H29N3O2.HI/c1-24-23(26-21-13-20-11-12-22(21)28-20)25-14-18-9-5-6-10-19(18)16-27-15-17-7-3-2-4-8-17;/h2-10,20-22H,11-16H2,1H3,(H2,24,25,26);1H. The van der Waals surface area contributed by atoms with Crippen LogP contribution < -0.4 is 10.6 Å². The van der Waals surface area contributed by atoms with Crippen molar-refractivity contribution in [3.8, 4) is 0 Å². The first kappa shape index (κ1) is 22.1. The van der Waals surface area contributed by atoms with E-state index in [0.717, 1.165) is 18.8 Å². The summed E-state index contributed by atoms with van der Waals surface area (Å²) in [6.45, 7) is 1.93. The molecular formula is C23H30IN3O2. The Kier molecular flexibility index (Phi) is 8.32. The molecule has 3 unspecified atom stereocenters. The summed E-state index contributed by atoms with van der Waals surface area (Å²) in [5.74, 6) is 0.834. The number of halogens is 1. The van der Waals surface area contributed by atoms with Crippen molar-refractivity contribution in [1.29, 1.82) is 0 Å². The highest BCUT2D eigenvalue weighted by Crippen LogP contribution is 2.34. The van der Waals surface area contributed by atoms with Crippen molar-refractivity contribution in [3.05, 3.63) is 71.3 Å². The Bertz CT molecular complexity index is 800. The smallest absolute Gasteiger partial charge is 0.191 e. The van der Waals surface area contributed by atoms with Crippen molar-refractivity contribution >= 4 is 29.9 Å². The van der Waals surface area contributed by atoms with Crippen molar-refractivity contribution in [2.75, 3.05) is 7.05 Å². The van der Waals surface area contributed by atoms with E-state index in [1.807, 2.05) is 25.2 Å². The third kappa shape index (κ3) is 5.93. The lowest BCUT2D eigenvalue weighted by atomic mass is 9.96. The fraction of sp³-hybridized carbons (Fsp3) is 0.435. The van der Waals surface area contributed by atoms with E-state index in [1.54, 1.807) is 0 Å². The molecule has 29 heavy (non-hydrogen) atoms. The molecule has 0 radical (unpaired) electrons. The second-order valence-electron chi connectivity index (χ2n) is 7.53. The van der Waals surface area contributed by atoms with Gasteiger partial charge in [0.2, 0.25) is 0 Å². The molecule has 3 atom stereocenters. The highest BCUT2D eigenvalue weighted by atomic mass is 127. The van der Waals surface area contributed by atoms with Gasteiger partial charge < -0.3 is 20.1 Å². The average molecular weight is 507 g/mol. The molecule has 0 saturated carbocycles. The average Bonchev–Trinajstić information content (AvgIpc) is 3.36. The number of rotatable bonds is 7. The Morgan fingerprint density at radius 1 is 1.03 bits per heavy atom. The van der Waals surface area contributed by atoms with Gasteiger partial charge in [-0.1, -0.05) is 54.6 Å². The molecule has 0 spiro atoms. The summed E-state index contributed by atoms with van der Waals surface area (Å²) < 4.78 is 11.9. The predicted molar refractivity (Wildman–Crippen MR) is 126 cm³/mol. The summed E-state index contributed by atoms with van der Waals surface area (Å²) in [7, 11) is 1.82. The maximum atomic E-state index is 5.93. The molecule has 2 aromatic carbocycles. The molecule has 2 N–H and O–H groups in total. The Labute approximate surface area is 190 Å². The molecule has 2 aromatic rings. The van der Waals surface area contributed by atoms with E-state index in [1.165, 1.54) is 23.1 Å². The number of benzene rings is 2. The number of nitrogens with one attached hydrogen (secondary N) is 2. The first-order valence-corrected chi connectivity index (χ1v) is 10.1. The van der Waals surface area contributed by atoms with Gasteiger partial charge in [-0.2, -0.15) is 0 Å². The van der Waals surface area contributed by atoms with Crippen LogP contribution in [-0.4, -0.2) is 31.3 Å². The van der Waals surface area contributed by atoms with Gasteiger partial charge in [-0.15, -0.1) is 24.0 Å². The number of hydrogen-bond acceptors (Lipinski definition) is 3. The van der Waals surface area contributed by atoms with Crippen LogP contribution in [0.25, 0.3) is 0 Å². The summed E-state index contributed by atoms with van der Waals surface area (Å²) in [6.07, 6.45) is 4.20. The van der Waals surface area contributed by atoms with Crippen LogP contribution >= 0.6 is 24.0 Å². The van der Waals surface area contributed by atoms with Crippen LogP contribution in [0.15, 0.2) is 59.6 Å². The van der Waals surface area contributed by atoms with Gasteiger partial charge in [0.15, 0.2) is 5.96 Å². The Morgan fingerprint density at radius 2 is 1.79 bits per heavy atom. The van der Waals surface area contributed by atoms with Gasteiger partial charge in [0.25, 0.3) is 0 Å². The van der Waals surface area contributed by atoms with Gasteiger partial charge in [-0.25, -0.2) is 0 Å². The zero-order valence-electron chi connectivity index (χ0n) is 16.8. The van der Waals surface area contributed by atoms with Crippen molar-refractivity contribution < 1.29 is 9.47 Å². The third-order valence-corrected chi connectivity index (χ3v) is 5.59. The van der Waals surface area contributed by atoms with Crippen LogP contribution in [0.2, 0.25) is 0 Å². The Balaban J connectivity index is 0.00000240. The normalized spacial score (nSPS) is 22.9. The second kappa shape index (κ2) is 10.9. The van der Waals surface area contributed by atoms with E-state index in [2.05, 4.69) is 52.0 Å². The topological polar surface area (TPSA) is 54.9 Å². The highest BCUT2D eigenvalue weighted by Gasteiger charge is 2.41. The molecule has 0 amide bonds. The number of nitrogens with zero attached hydrogens (tertiary/aromatic N) is 1. The summed E-state index contributed by atoms with van der Waals surface area (Å²) in [6, 6.07) is 19.0. The molecule has 0 aliphatic carbocycles. The number of guanidine groups is 1. The molecule has 4 rings (SSSR count). The number of ether oxygens (including phenoxy) is 2. The number of aliphatic imine (C=N–C) groups is 1. The molecule has 6 heteroatoms. The van der Waals surface area contributed by atoms with Crippen LogP contribution in [0.3, 0.4) is 0 Å². The van der Waals surface area contributed by atoms with Gasteiger partial charge in [0.05, 0.1) is 31.5 Å². The first-order valence-electron chi connectivity index (χ1n) is 10.1. The fourth-order valence-electron chi connectivity index (χ4n) is 4.06. The molecule has 2 aliphatic heterocycles. The summed E-state index contributed by atoms with van der Waals surface area (Å²) >= 11 is 0. The van der Waals surface area contributed by atoms with Crippen molar-refractivity contribution in [2.45, 2.75) is 57.3 Å². The predicted octanol–water partition coefficient (Wildman–Crippen LogP) is 4.01. The van der Waals surface area contributed by atoms with Crippen LogP contribution in [-0.2, 0) is 29.2 Å². The largest absolute Gasteiger partial charge is 0.373 e. The maximum absolute atomic E-state index is 5.93. The van der Waals surface area contributed by atoms with Gasteiger partial charge >= 0.3 is 0 Å². The van der Waals surface area contributed by atoms with E-state index < -0.39 is 0 Å². The summed E-state index contributed by atoms with van der Waals surface area (Å²) in [4.78, 5) is 4.39. The Morgan fingerprint density at radius 3 is 2.48 bits per heavy atom. The lowest BCUT2D eigenvalue weighted by Crippen LogP contribution is -2.47. The molecule has 2 aliphatic rings. The zero-order chi connectivity index (χ0) is 19.2. The van der Waals surface area contributed by atoms with E-state index in [0.29, 0.717) is 38.0 Å². The monoisotopic (exact) mass is 507 g/mol. The highest BCUT2D eigenvalue weighted by molar-refractivity contribution is 14.0. The number of fused-ring (bicyclic) bond motifs is 2. The van der Waals surface area contributed by atoms with E-state index >= 15 is 0 Å². The lowest BCUT2D eigenvalue weighted by Gasteiger charge is -2.23. The van der Waals surface area contributed by atoms with Gasteiger partial charge in [-0.05, 0) is 36.0 Å². The number of hydrogen-bond donors (Lipinski definition) is 2. The molecule has 2 saturated heterocycles. The molecule has 2 bridgehead atoms. The summed E-state index contributed by atoms with van der Waals surface area (Å²) in [5.41, 5.74) is 3.61. The van der Waals surface area contributed by atoms with Crippen molar-refractivity contribution in [2.24, 2.45) is 4.99 Å². The minimum atomic E-state index is 0. The molecule has 2 fully saturated rings. The first-order chi connectivity index (χ1) is 13.8. The fourth-order valence-corrected chi connectivity index (χ4v) is 4.06. The maximum Gasteiger partial charge on any atom is 0.191 e. The second-order valence-corrected chi connectivity index (χ2v) is 7.53. The van der Waals surface area contributed by atoms with E-state index in [4.69, 9.17) is 9.47 Å². The summed E-state index contributed by atoms with van der Waals surface area (Å²) in [5, 5.41) is 6.98. The van der Waals surface area contributed by atoms with Crippen LogP contribution in [0.5, 0.6) is 0 Å². The van der Waals surface area contributed by atoms with Crippen LogP contribution in [0.4, 0.5) is 0 Å². The van der Waals surface area contributed by atoms with Crippen molar-refractivity contribution in [1.82, 2.24) is 10.6 Å². The SMILES string of the molecule is CN=C(NCc1ccccc1COCc1ccccc1)NC1CC2CCC1O2.I.